The minimum Gasteiger partial charge on any atom is -0.497 e. The third kappa shape index (κ3) is 3.70. The van der Waals surface area contributed by atoms with Gasteiger partial charge in [-0.15, -0.1) is 0 Å². The molecule has 5 nitrogen and oxygen atoms in total. The van der Waals surface area contributed by atoms with E-state index in [-0.39, 0.29) is 0 Å². The van der Waals surface area contributed by atoms with Gasteiger partial charge in [-0.05, 0) is 24.6 Å². The normalized spacial score (nSPS) is 12.4. The molecule has 0 heterocycles. The quantitative estimate of drug-likeness (QED) is 0.576. The van der Waals surface area contributed by atoms with Crippen molar-refractivity contribution in [2.75, 3.05) is 7.11 Å². The van der Waals surface area contributed by atoms with Gasteiger partial charge in [0.15, 0.2) is 0 Å². The molecule has 1 rings (SSSR count). The fraction of sp³-hybridized carbons (Fsp3) is 0.273. The standard InChI is InChI=1S/C11H14N2O3/c1-8(14)11(15)13-12-7-9-4-3-5-10(6-9)16-2/h3-8,14H,1-2H3,(H,13,15). The van der Waals surface area contributed by atoms with Crippen LogP contribution in [0.15, 0.2) is 29.4 Å². The van der Waals surface area contributed by atoms with Gasteiger partial charge in [0.05, 0.1) is 13.3 Å². The monoisotopic (exact) mass is 222 g/mol. The molecule has 5 heteroatoms. The molecule has 0 saturated heterocycles. The highest BCUT2D eigenvalue weighted by Crippen LogP contribution is 2.10. The molecule has 0 bridgehead atoms. The van der Waals surface area contributed by atoms with Gasteiger partial charge in [0.2, 0.25) is 0 Å². The molecule has 1 atom stereocenters. The molecule has 86 valence electrons. The van der Waals surface area contributed by atoms with E-state index >= 15 is 0 Å². The first-order valence-electron chi connectivity index (χ1n) is 4.78. The minimum absolute atomic E-state index is 0.542. The number of methoxy groups -OCH3 is 1. The van der Waals surface area contributed by atoms with E-state index in [2.05, 4.69) is 10.5 Å². The summed E-state index contributed by atoms with van der Waals surface area (Å²) >= 11 is 0. The summed E-state index contributed by atoms with van der Waals surface area (Å²) in [6.07, 6.45) is 0.408. The Hall–Kier alpha value is -1.88. The molecule has 0 aliphatic carbocycles. The number of amides is 1. The first kappa shape index (κ1) is 12.2. The zero-order chi connectivity index (χ0) is 12.0. The van der Waals surface area contributed by atoms with E-state index in [0.29, 0.717) is 5.75 Å². The molecule has 1 aromatic rings. The second kappa shape index (κ2) is 5.87. The molecule has 0 aliphatic rings. The lowest BCUT2D eigenvalue weighted by molar-refractivity contribution is -0.128. The number of hydrazone groups is 1. The van der Waals surface area contributed by atoms with Gasteiger partial charge >= 0.3 is 0 Å². The molecule has 1 amide bonds. The van der Waals surface area contributed by atoms with Crippen molar-refractivity contribution in [3.63, 3.8) is 0 Å². The van der Waals surface area contributed by atoms with Crippen molar-refractivity contribution in [1.82, 2.24) is 5.43 Å². The van der Waals surface area contributed by atoms with Gasteiger partial charge in [0.1, 0.15) is 11.9 Å². The van der Waals surface area contributed by atoms with Gasteiger partial charge in [-0.3, -0.25) is 4.79 Å². The van der Waals surface area contributed by atoms with Crippen LogP contribution in [0.1, 0.15) is 12.5 Å². The van der Waals surface area contributed by atoms with E-state index < -0.39 is 12.0 Å². The number of ether oxygens (including phenoxy) is 1. The Morgan fingerprint density at radius 3 is 3.00 bits per heavy atom. The molecular formula is C11H14N2O3. The number of carbonyl (C=O) groups excluding carboxylic acids is 1. The highest BCUT2D eigenvalue weighted by atomic mass is 16.5. The van der Waals surface area contributed by atoms with E-state index in [9.17, 15) is 4.79 Å². The van der Waals surface area contributed by atoms with Crippen molar-refractivity contribution in [2.24, 2.45) is 5.10 Å². The molecule has 0 fully saturated rings. The minimum atomic E-state index is -1.07. The third-order valence-corrected chi connectivity index (χ3v) is 1.86. The fourth-order valence-corrected chi connectivity index (χ4v) is 0.986. The zero-order valence-electron chi connectivity index (χ0n) is 9.18. The predicted molar refractivity (Wildman–Crippen MR) is 60.4 cm³/mol. The van der Waals surface area contributed by atoms with Gasteiger partial charge in [-0.25, -0.2) is 5.43 Å². The van der Waals surface area contributed by atoms with E-state index in [1.54, 1.807) is 13.2 Å². The van der Waals surface area contributed by atoms with Crippen molar-refractivity contribution in [3.05, 3.63) is 29.8 Å². The summed E-state index contributed by atoms with van der Waals surface area (Å²) in [5, 5.41) is 12.6. The van der Waals surface area contributed by atoms with Crippen LogP contribution in [0.2, 0.25) is 0 Å². The van der Waals surface area contributed by atoms with Gasteiger partial charge in [0.25, 0.3) is 5.91 Å². The van der Waals surface area contributed by atoms with Crippen LogP contribution in [0.4, 0.5) is 0 Å². The topological polar surface area (TPSA) is 70.9 Å². The molecule has 0 radical (unpaired) electrons. The van der Waals surface area contributed by atoms with Crippen molar-refractivity contribution >= 4 is 12.1 Å². The first-order chi connectivity index (χ1) is 7.63. The van der Waals surface area contributed by atoms with Gasteiger partial charge in [0, 0.05) is 0 Å². The van der Waals surface area contributed by atoms with Gasteiger partial charge in [-0.1, -0.05) is 12.1 Å². The van der Waals surface area contributed by atoms with Crippen LogP contribution in [0.25, 0.3) is 0 Å². The lowest BCUT2D eigenvalue weighted by atomic mass is 10.2. The Labute approximate surface area is 93.7 Å². The molecule has 2 N–H and O–H groups in total. The highest BCUT2D eigenvalue weighted by Gasteiger charge is 2.05. The van der Waals surface area contributed by atoms with Crippen molar-refractivity contribution < 1.29 is 14.6 Å². The van der Waals surface area contributed by atoms with Crippen LogP contribution in [-0.2, 0) is 4.79 Å². The number of rotatable bonds is 4. The van der Waals surface area contributed by atoms with E-state index in [0.717, 1.165) is 5.56 Å². The summed E-state index contributed by atoms with van der Waals surface area (Å²) in [5.74, 6) is 0.171. The Bertz CT molecular complexity index is 389. The molecule has 0 spiro atoms. The third-order valence-electron chi connectivity index (χ3n) is 1.86. The number of aliphatic hydroxyl groups excluding tert-OH is 1. The number of hydrogen-bond acceptors (Lipinski definition) is 4. The average Bonchev–Trinajstić information content (AvgIpc) is 2.29. The Balaban J connectivity index is 2.59. The first-order valence-corrected chi connectivity index (χ1v) is 4.78. The summed E-state index contributed by atoms with van der Waals surface area (Å²) in [7, 11) is 1.57. The fourth-order valence-electron chi connectivity index (χ4n) is 0.986. The Morgan fingerprint density at radius 2 is 2.38 bits per heavy atom. The smallest absolute Gasteiger partial charge is 0.268 e. The Morgan fingerprint density at radius 1 is 1.62 bits per heavy atom. The van der Waals surface area contributed by atoms with Crippen LogP contribution in [0.3, 0.4) is 0 Å². The summed E-state index contributed by atoms with van der Waals surface area (Å²) < 4.78 is 5.03. The van der Waals surface area contributed by atoms with Crippen LogP contribution in [0.5, 0.6) is 5.75 Å². The van der Waals surface area contributed by atoms with E-state index in [1.165, 1.54) is 13.1 Å². The molecular weight excluding hydrogens is 208 g/mol. The van der Waals surface area contributed by atoms with Crippen molar-refractivity contribution in [1.29, 1.82) is 0 Å². The number of nitrogens with zero attached hydrogens (tertiary/aromatic N) is 1. The van der Waals surface area contributed by atoms with Crippen LogP contribution < -0.4 is 10.2 Å². The van der Waals surface area contributed by atoms with E-state index in [4.69, 9.17) is 9.84 Å². The van der Waals surface area contributed by atoms with Gasteiger partial charge < -0.3 is 9.84 Å². The number of hydrogen-bond donors (Lipinski definition) is 2. The van der Waals surface area contributed by atoms with E-state index in [1.807, 2.05) is 18.2 Å². The number of benzene rings is 1. The highest BCUT2D eigenvalue weighted by molar-refractivity contribution is 5.84. The van der Waals surface area contributed by atoms with Crippen LogP contribution in [0, 0.1) is 0 Å². The number of aliphatic hydroxyl groups is 1. The summed E-state index contributed by atoms with van der Waals surface area (Å²) in [6, 6.07) is 7.22. The molecule has 0 aliphatic heterocycles. The molecule has 1 unspecified atom stereocenters. The Kier molecular flexibility index (Phi) is 4.47. The maximum atomic E-state index is 11.0. The molecule has 0 saturated carbocycles. The molecule has 0 aromatic heterocycles. The molecule has 1 aromatic carbocycles. The SMILES string of the molecule is COc1cccc(C=NNC(=O)C(C)O)c1. The second-order valence-corrected chi connectivity index (χ2v) is 3.19. The van der Waals surface area contributed by atoms with Crippen molar-refractivity contribution in [2.45, 2.75) is 13.0 Å². The number of nitrogens with one attached hydrogen (secondary N) is 1. The lowest BCUT2D eigenvalue weighted by Crippen LogP contribution is -2.28. The second-order valence-electron chi connectivity index (χ2n) is 3.19. The maximum Gasteiger partial charge on any atom is 0.268 e. The average molecular weight is 222 g/mol. The van der Waals surface area contributed by atoms with Crippen LogP contribution in [-0.4, -0.2) is 30.4 Å². The van der Waals surface area contributed by atoms with Crippen LogP contribution >= 0.6 is 0 Å². The summed E-state index contributed by atoms with van der Waals surface area (Å²) in [4.78, 5) is 11.0. The largest absolute Gasteiger partial charge is 0.497 e. The zero-order valence-corrected chi connectivity index (χ0v) is 9.18. The number of carbonyl (C=O) groups is 1. The summed E-state index contributed by atoms with van der Waals surface area (Å²) in [5.41, 5.74) is 3.00. The maximum absolute atomic E-state index is 11.0. The van der Waals surface area contributed by atoms with Gasteiger partial charge in [-0.2, -0.15) is 5.10 Å². The molecule has 16 heavy (non-hydrogen) atoms. The summed E-state index contributed by atoms with van der Waals surface area (Å²) in [6.45, 7) is 1.37. The predicted octanol–water partition coefficient (Wildman–Crippen LogP) is 0.526. The lowest BCUT2D eigenvalue weighted by Gasteiger charge is -2.01. The van der Waals surface area contributed by atoms with Crippen molar-refractivity contribution in [3.8, 4) is 5.75 Å².